The fourth-order valence-corrected chi connectivity index (χ4v) is 4.53. The second-order valence-electron chi connectivity index (χ2n) is 5.20. The van der Waals surface area contributed by atoms with Crippen LogP contribution < -0.4 is 0 Å². The van der Waals surface area contributed by atoms with Gasteiger partial charge in [0.1, 0.15) is 11.4 Å². The van der Waals surface area contributed by atoms with Crippen molar-refractivity contribution in [3.05, 3.63) is 10.6 Å². The molecule has 11 nitrogen and oxygen atoms in total. The molecule has 13 heteroatoms. The summed E-state index contributed by atoms with van der Waals surface area (Å²) in [7, 11) is -6.95. The van der Waals surface area contributed by atoms with Gasteiger partial charge in [0.25, 0.3) is 0 Å². The Kier molecular flexibility index (Phi) is 4.81. The Hall–Kier alpha value is -1.83. The normalized spacial score (nSPS) is 25.9. The Labute approximate surface area is 138 Å². The molecule has 4 atom stereocenters. The number of hydrogen-bond donors (Lipinski definition) is 3. The molecule has 1 saturated heterocycles. The first-order valence-electron chi connectivity index (χ1n) is 6.49. The van der Waals surface area contributed by atoms with Crippen molar-refractivity contribution < 1.29 is 46.0 Å². The van der Waals surface area contributed by atoms with E-state index in [1.54, 1.807) is 0 Å². The predicted octanol–water partition coefficient (Wildman–Crippen LogP) is -1.45. The van der Waals surface area contributed by atoms with Gasteiger partial charge in [-0.25, -0.2) is 8.98 Å². The smallest absolute Gasteiger partial charge is 0.397 e. The van der Waals surface area contributed by atoms with Crippen LogP contribution in [0.2, 0.25) is 0 Å². The number of carbonyl (C=O) groups excluding carboxylic acids is 1. The summed E-state index contributed by atoms with van der Waals surface area (Å²) in [6.07, 6.45) is -1.45. The molecule has 2 heterocycles. The molecule has 4 unspecified atom stereocenters. The Morgan fingerprint density at radius 1 is 1.42 bits per heavy atom. The first-order valence-corrected chi connectivity index (χ1v) is 9.17. The predicted molar refractivity (Wildman–Crippen MR) is 76.1 cm³/mol. The molecule has 0 spiro atoms. The molecule has 2 rings (SSSR count). The molecule has 0 saturated carbocycles. The van der Waals surface area contributed by atoms with Gasteiger partial charge in [-0.05, 0) is 6.92 Å². The van der Waals surface area contributed by atoms with Crippen LogP contribution in [0.3, 0.4) is 0 Å². The van der Waals surface area contributed by atoms with E-state index in [0.717, 1.165) is 4.90 Å². The summed E-state index contributed by atoms with van der Waals surface area (Å²) in [5.74, 6) is -5.59. The lowest BCUT2D eigenvalue weighted by Crippen LogP contribution is -2.62. The van der Waals surface area contributed by atoms with Crippen LogP contribution in [-0.4, -0.2) is 68.0 Å². The average molecular weight is 383 g/mol. The topological polar surface area (TPSA) is 176 Å². The number of nitrogens with zero attached hydrogens (tertiary/aromatic N) is 1. The van der Waals surface area contributed by atoms with Crippen LogP contribution in [0, 0.1) is 5.92 Å². The van der Waals surface area contributed by atoms with E-state index in [1.165, 1.54) is 6.92 Å². The van der Waals surface area contributed by atoms with Gasteiger partial charge in [-0.2, -0.15) is 8.42 Å². The zero-order valence-corrected chi connectivity index (χ0v) is 13.7. The third-order valence-corrected chi connectivity index (χ3v) is 5.64. The van der Waals surface area contributed by atoms with Gasteiger partial charge in [-0.15, -0.1) is 0 Å². The van der Waals surface area contributed by atoms with Gasteiger partial charge in [-0.1, -0.05) is 0 Å². The molecule has 0 aromatic rings. The Balaban J connectivity index is 2.27. The quantitative estimate of drug-likeness (QED) is 0.348. The van der Waals surface area contributed by atoms with Gasteiger partial charge in [0.05, 0.1) is 33.8 Å². The molecule has 24 heavy (non-hydrogen) atoms. The van der Waals surface area contributed by atoms with Crippen LogP contribution in [0.4, 0.5) is 0 Å². The third kappa shape index (κ3) is 3.33. The zero-order chi connectivity index (χ0) is 18.4. The van der Waals surface area contributed by atoms with Gasteiger partial charge in [0, 0.05) is 6.42 Å². The number of carboxylic acid groups (broad SMARTS) is 2. The Morgan fingerprint density at radius 2 is 2.00 bits per heavy atom. The Bertz CT molecular complexity index is 770. The van der Waals surface area contributed by atoms with Gasteiger partial charge in [0.2, 0.25) is 5.91 Å². The van der Waals surface area contributed by atoms with Crippen molar-refractivity contribution in [2.24, 2.45) is 5.92 Å². The summed E-state index contributed by atoms with van der Waals surface area (Å²) >= 11 is 0. The maximum absolute atomic E-state index is 12.1. The van der Waals surface area contributed by atoms with Crippen LogP contribution in [0.5, 0.6) is 0 Å². The lowest BCUT2D eigenvalue weighted by atomic mass is 9.83. The highest BCUT2D eigenvalue weighted by atomic mass is 32.3. The van der Waals surface area contributed by atoms with Crippen molar-refractivity contribution in [2.45, 2.75) is 25.5 Å². The molecule has 0 radical (unpaired) electrons. The van der Waals surface area contributed by atoms with E-state index in [4.69, 9.17) is 9.66 Å². The van der Waals surface area contributed by atoms with Crippen LogP contribution in [-0.2, 0) is 39.8 Å². The van der Waals surface area contributed by atoms with E-state index < -0.39 is 68.6 Å². The molecule has 0 aromatic carbocycles. The Morgan fingerprint density at radius 3 is 2.46 bits per heavy atom. The molecule has 0 aliphatic carbocycles. The molecule has 2 aliphatic heterocycles. The zero-order valence-electron chi connectivity index (χ0n) is 12.1. The standard InChI is InChI=1S/C11H13NO10S2/c1-4(22-24(19,20)21)8-5-2-6(23(18)3-7(13)14)9(11(16)17)12(5)10(8)15/h4-5,8H,2-3H2,1H3,(H,13,14)(H,16,17)(H,19,20,21). The van der Waals surface area contributed by atoms with Crippen molar-refractivity contribution in [3.63, 3.8) is 0 Å². The van der Waals surface area contributed by atoms with Crippen LogP contribution in [0.25, 0.3) is 0 Å². The summed E-state index contributed by atoms with van der Waals surface area (Å²) in [5, 5.41) is 17.9. The number of β-lactam (4-membered cyclic amide) rings is 1. The molecule has 2 aliphatic rings. The van der Waals surface area contributed by atoms with E-state index in [2.05, 4.69) is 4.18 Å². The number of fused-ring (bicyclic) bond motifs is 1. The molecule has 1 fully saturated rings. The third-order valence-electron chi connectivity index (χ3n) is 3.68. The SMILES string of the molecule is CC(OS(=O)(=O)O)C1C(=O)N2C(C(=O)O)=C(S(=O)CC(=O)O)CC12. The van der Waals surface area contributed by atoms with Gasteiger partial charge < -0.3 is 15.1 Å². The van der Waals surface area contributed by atoms with Crippen molar-refractivity contribution in [1.82, 2.24) is 4.90 Å². The number of aliphatic carboxylic acids is 2. The molecule has 0 aromatic heterocycles. The van der Waals surface area contributed by atoms with Gasteiger partial charge in [-0.3, -0.25) is 18.4 Å². The van der Waals surface area contributed by atoms with E-state index >= 15 is 0 Å². The second kappa shape index (κ2) is 6.23. The summed E-state index contributed by atoms with van der Waals surface area (Å²) < 4.78 is 46.5. The largest absolute Gasteiger partial charge is 0.481 e. The molecule has 134 valence electrons. The summed E-state index contributed by atoms with van der Waals surface area (Å²) in [6.45, 7) is 1.21. The number of amides is 1. The maximum Gasteiger partial charge on any atom is 0.397 e. The lowest BCUT2D eigenvalue weighted by Gasteiger charge is -2.45. The fourth-order valence-electron chi connectivity index (χ4n) is 2.87. The highest BCUT2D eigenvalue weighted by Gasteiger charge is 2.58. The van der Waals surface area contributed by atoms with E-state index in [1.807, 2.05) is 0 Å². The van der Waals surface area contributed by atoms with Crippen molar-refractivity contribution in [1.29, 1.82) is 0 Å². The first-order chi connectivity index (χ1) is 10.9. The van der Waals surface area contributed by atoms with E-state index in [0.29, 0.717) is 0 Å². The number of rotatable bonds is 7. The minimum atomic E-state index is -4.81. The maximum atomic E-state index is 12.1. The molecule has 0 bridgehead atoms. The van der Waals surface area contributed by atoms with Gasteiger partial charge in [0.15, 0.2) is 0 Å². The second-order valence-corrected chi connectivity index (χ2v) is 7.72. The minimum Gasteiger partial charge on any atom is -0.481 e. The number of hydrogen-bond acceptors (Lipinski definition) is 7. The first kappa shape index (κ1) is 18.5. The molecule has 3 N–H and O–H groups in total. The fraction of sp³-hybridized carbons (Fsp3) is 0.545. The van der Waals surface area contributed by atoms with E-state index in [9.17, 15) is 32.1 Å². The molecule has 1 amide bonds. The van der Waals surface area contributed by atoms with Crippen molar-refractivity contribution in [3.8, 4) is 0 Å². The highest BCUT2D eigenvalue weighted by Crippen LogP contribution is 2.45. The minimum absolute atomic E-state index is 0.183. The molecular weight excluding hydrogens is 370 g/mol. The molecular formula is C11H13NO10S2. The van der Waals surface area contributed by atoms with Crippen LogP contribution in [0.15, 0.2) is 10.6 Å². The highest BCUT2D eigenvalue weighted by molar-refractivity contribution is 7.89. The number of carboxylic acids is 2. The van der Waals surface area contributed by atoms with Crippen molar-refractivity contribution in [2.75, 3.05) is 5.75 Å². The van der Waals surface area contributed by atoms with Gasteiger partial charge >= 0.3 is 22.3 Å². The monoisotopic (exact) mass is 383 g/mol. The summed E-state index contributed by atoms with van der Waals surface area (Å²) in [5.41, 5.74) is -0.556. The average Bonchev–Trinajstić information content (AvgIpc) is 2.71. The number of carbonyl (C=O) groups is 3. The van der Waals surface area contributed by atoms with E-state index in [-0.39, 0.29) is 11.3 Å². The lowest BCUT2D eigenvalue weighted by molar-refractivity contribution is -0.160. The summed E-state index contributed by atoms with van der Waals surface area (Å²) in [6, 6.07) is -0.826. The van der Waals surface area contributed by atoms with Crippen LogP contribution in [0.1, 0.15) is 13.3 Å². The van der Waals surface area contributed by atoms with Crippen molar-refractivity contribution >= 4 is 39.0 Å². The van der Waals surface area contributed by atoms with Crippen LogP contribution >= 0.6 is 0 Å². The summed E-state index contributed by atoms with van der Waals surface area (Å²) in [4.78, 5) is 34.8.